The van der Waals surface area contributed by atoms with Crippen molar-refractivity contribution in [1.82, 2.24) is 4.72 Å². The van der Waals surface area contributed by atoms with E-state index in [1.54, 1.807) is 24.3 Å². The molecule has 2 aromatic carbocycles. The third-order valence-electron chi connectivity index (χ3n) is 3.63. The molecular formula is C16H15ClN2O4S. The van der Waals surface area contributed by atoms with Crippen molar-refractivity contribution < 1.29 is 17.9 Å². The summed E-state index contributed by atoms with van der Waals surface area (Å²) in [6.45, 7) is 2.36. The Balaban J connectivity index is 1.74. The van der Waals surface area contributed by atoms with Gasteiger partial charge in [-0.1, -0.05) is 17.7 Å². The SMILES string of the molecule is Cc1ccc(NC(=O)NS(=O)(=O)c2ccc3c(c2)CCO3)cc1Cl. The fraction of sp³-hybridized carbons (Fsp3) is 0.188. The average Bonchev–Trinajstić information content (AvgIpc) is 2.98. The zero-order valence-electron chi connectivity index (χ0n) is 12.8. The predicted octanol–water partition coefficient (Wildman–Crippen LogP) is 3.09. The fourth-order valence-electron chi connectivity index (χ4n) is 2.34. The molecule has 1 heterocycles. The van der Waals surface area contributed by atoms with Gasteiger partial charge >= 0.3 is 6.03 Å². The van der Waals surface area contributed by atoms with Crippen molar-refractivity contribution in [1.29, 1.82) is 0 Å². The van der Waals surface area contributed by atoms with E-state index in [0.29, 0.717) is 29.5 Å². The third kappa shape index (κ3) is 3.47. The van der Waals surface area contributed by atoms with E-state index in [2.05, 4.69) is 5.32 Å². The molecule has 0 spiro atoms. The highest BCUT2D eigenvalue weighted by molar-refractivity contribution is 7.90. The monoisotopic (exact) mass is 366 g/mol. The number of benzene rings is 2. The van der Waals surface area contributed by atoms with Crippen molar-refractivity contribution in [3.63, 3.8) is 0 Å². The predicted molar refractivity (Wildman–Crippen MR) is 91.2 cm³/mol. The van der Waals surface area contributed by atoms with Gasteiger partial charge in [0, 0.05) is 17.1 Å². The number of amides is 2. The second-order valence-corrected chi connectivity index (χ2v) is 7.48. The number of urea groups is 1. The molecule has 0 aliphatic carbocycles. The first-order valence-corrected chi connectivity index (χ1v) is 9.07. The van der Waals surface area contributed by atoms with E-state index < -0.39 is 16.1 Å². The van der Waals surface area contributed by atoms with E-state index >= 15 is 0 Å². The highest BCUT2D eigenvalue weighted by atomic mass is 35.5. The second kappa shape index (κ2) is 6.33. The molecule has 2 N–H and O–H groups in total. The van der Waals surface area contributed by atoms with Gasteiger partial charge in [-0.2, -0.15) is 0 Å². The minimum Gasteiger partial charge on any atom is -0.493 e. The minimum atomic E-state index is -3.97. The number of aryl methyl sites for hydroxylation is 1. The van der Waals surface area contributed by atoms with Gasteiger partial charge in [0.2, 0.25) is 0 Å². The van der Waals surface area contributed by atoms with Gasteiger partial charge in [0.15, 0.2) is 0 Å². The maximum atomic E-state index is 12.3. The lowest BCUT2D eigenvalue weighted by Gasteiger charge is -2.10. The summed E-state index contributed by atoms with van der Waals surface area (Å²) in [5.41, 5.74) is 2.07. The van der Waals surface area contributed by atoms with E-state index in [-0.39, 0.29) is 4.90 Å². The molecule has 8 heteroatoms. The number of hydrogen-bond donors (Lipinski definition) is 2. The number of hydrogen-bond acceptors (Lipinski definition) is 4. The molecule has 2 aromatic rings. The summed E-state index contributed by atoms with van der Waals surface area (Å²) in [5.74, 6) is 0.674. The molecule has 0 fully saturated rings. The maximum Gasteiger partial charge on any atom is 0.333 e. The van der Waals surface area contributed by atoms with Gasteiger partial charge in [0.25, 0.3) is 10.0 Å². The van der Waals surface area contributed by atoms with Crippen LogP contribution >= 0.6 is 11.6 Å². The van der Waals surface area contributed by atoms with Crippen LogP contribution < -0.4 is 14.8 Å². The summed E-state index contributed by atoms with van der Waals surface area (Å²) >= 11 is 5.98. The Morgan fingerprint density at radius 3 is 2.75 bits per heavy atom. The van der Waals surface area contributed by atoms with Crippen molar-refractivity contribution in [2.45, 2.75) is 18.2 Å². The molecule has 0 atom stereocenters. The van der Waals surface area contributed by atoms with Crippen LogP contribution in [0.4, 0.5) is 10.5 Å². The molecule has 0 radical (unpaired) electrons. The van der Waals surface area contributed by atoms with E-state index in [0.717, 1.165) is 11.1 Å². The Bertz CT molecular complexity index is 912. The fourth-order valence-corrected chi connectivity index (χ4v) is 3.48. The Morgan fingerprint density at radius 1 is 1.21 bits per heavy atom. The molecule has 0 bridgehead atoms. The summed E-state index contributed by atoms with van der Waals surface area (Å²) in [6.07, 6.45) is 0.646. The van der Waals surface area contributed by atoms with Gasteiger partial charge in [-0.25, -0.2) is 17.9 Å². The van der Waals surface area contributed by atoms with Gasteiger partial charge in [-0.3, -0.25) is 0 Å². The van der Waals surface area contributed by atoms with Gasteiger partial charge in [-0.15, -0.1) is 0 Å². The van der Waals surface area contributed by atoms with E-state index in [1.165, 1.54) is 12.1 Å². The second-order valence-electron chi connectivity index (χ2n) is 5.39. The van der Waals surface area contributed by atoms with E-state index in [4.69, 9.17) is 16.3 Å². The standard InChI is InChI=1S/C16H15ClN2O4S/c1-10-2-3-12(9-14(10)17)18-16(20)19-24(21,22)13-4-5-15-11(8-13)6-7-23-15/h2-5,8-9H,6-7H2,1H3,(H2,18,19,20). The average molecular weight is 367 g/mol. The Labute approximate surface area is 144 Å². The van der Waals surface area contributed by atoms with Crippen LogP contribution in [-0.4, -0.2) is 21.1 Å². The number of carbonyl (C=O) groups is 1. The van der Waals surface area contributed by atoms with Crippen LogP contribution in [0.1, 0.15) is 11.1 Å². The summed E-state index contributed by atoms with van der Waals surface area (Å²) in [6, 6.07) is 8.58. The van der Waals surface area contributed by atoms with Gasteiger partial charge in [-0.05, 0) is 48.4 Å². The van der Waals surface area contributed by atoms with Gasteiger partial charge < -0.3 is 10.1 Å². The summed E-state index contributed by atoms with van der Waals surface area (Å²) in [5, 5.41) is 2.93. The number of anilines is 1. The Hall–Kier alpha value is -2.25. The lowest BCUT2D eigenvalue weighted by molar-refractivity contribution is 0.256. The van der Waals surface area contributed by atoms with Gasteiger partial charge in [0.05, 0.1) is 11.5 Å². The molecule has 24 heavy (non-hydrogen) atoms. The number of fused-ring (bicyclic) bond motifs is 1. The largest absolute Gasteiger partial charge is 0.493 e. The van der Waals surface area contributed by atoms with Crippen LogP contribution in [0.15, 0.2) is 41.3 Å². The molecule has 0 saturated carbocycles. The van der Waals surface area contributed by atoms with Crippen LogP contribution in [0.2, 0.25) is 5.02 Å². The van der Waals surface area contributed by atoms with Crippen LogP contribution in [0.3, 0.4) is 0 Å². The maximum absolute atomic E-state index is 12.3. The molecule has 1 aliphatic rings. The quantitative estimate of drug-likeness (QED) is 0.874. The number of ether oxygens (including phenoxy) is 1. The number of carbonyl (C=O) groups excluding carboxylic acids is 1. The molecular weight excluding hydrogens is 352 g/mol. The van der Waals surface area contributed by atoms with Crippen molar-refractivity contribution in [3.05, 3.63) is 52.5 Å². The summed E-state index contributed by atoms with van der Waals surface area (Å²) in [4.78, 5) is 12.0. The van der Waals surface area contributed by atoms with Crippen LogP contribution in [0.25, 0.3) is 0 Å². The highest BCUT2D eigenvalue weighted by Gasteiger charge is 2.21. The first-order chi connectivity index (χ1) is 11.3. The number of nitrogens with one attached hydrogen (secondary N) is 2. The lowest BCUT2D eigenvalue weighted by Crippen LogP contribution is -2.34. The van der Waals surface area contributed by atoms with Crippen LogP contribution in [0.5, 0.6) is 5.75 Å². The van der Waals surface area contributed by atoms with Gasteiger partial charge in [0.1, 0.15) is 5.75 Å². The zero-order chi connectivity index (χ0) is 17.3. The van der Waals surface area contributed by atoms with Crippen LogP contribution in [0, 0.1) is 6.92 Å². The smallest absolute Gasteiger partial charge is 0.333 e. The molecule has 2 amide bonds. The molecule has 126 valence electrons. The van der Waals surface area contributed by atoms with Crippen LogP contribution in [-0.2, 0) is 16.4 Å². The topological polar surface area (TPSA) is 84.5 Å². The molecule has 0 saturated heterocycles. The molecule has 6 nitrogen and oxygen atoms in total. The lowest BCUT2D eigenvalue weighted by atomic mass is 10.2. The van der Waals surface area contributed by atoms with Crippen molar-refractivity contribution >= 4 is 33.3 Å². The molecule has 1 aliphatic heterocycles. The first-order valence-electron chi connectivity index (χ1n) is 7.21. The Morgan fingerprint density at radius 2 is 2.00 bits per heavy atom. The van der Waals surface area contributed by atoms with E-state index in [9.17, 15) is 13.2 Å². The molecule has 0 unspecified atom stereocenters. The normalized spacial score (nSPS) is 13.1. The van der Waals surface area contributed by atoms with E-state index in [1.807, 2.05) is 11.6 Å². The van der Waals surface area contributed by atoms with Crippen molar-refractivity contribution in [2.24, 2.45) is 0 Å². The zero-order valence-corrected chi connectivity index (χ0v) is 14.4. The molecule has 0 aromatic heterocycles. The summed E-state index contributed by atoms with van der Waals surface area (Å²) < 4.78 is 32.0. The number of sulfonamides is 1. The number of halogens is 1. The highest BCUT2D eigenvalue weighted by Crippen LogP contribution is 2.27. The number of rotatable bonds is 3. The van der Waals surface area contributed by atoms with Crippen molar-refractivity contribution in [2.75, 3.05) is 11.9 Å². The first kappa shape index (κ1) is 16.6. The Kier molecular flexibility index (Phi) is 4.38. The molecule has 3 rings (SSSR count). The summed E-state index contributed by atoms with van der Waals surface area (Å²) in [7, 11) is -3.97. The van der Waals surface area contributed by atoms with Crippen molar-refractivity contribution in [3.8, 4) is 5.75 Å². The minimum absolute atomic E-state index is 0.0174. The third-order valence-corrected chi connectivity index (χ3v) is 5.36.